The number of nitrogens with zero attached hydrogens (tertiary/aromatic N) is 3. The quantitative estimate of drug-likeness (QED) is 0.515. The Morgan fingerprint density at radius 2 is 1.75 bits per heavy atom. The molecule has 28 heavy (non-hydrogen) atoms. The highest BCUT2D eigenvalue weighted by molar-refractivity contribution is 7.22. The fourth-order valence-corrected chi connectivity index (χ4v) is 5.09. The Hall–Kier alpha value is -2.50. The molecule has 1 aliphatic heterocycles. The molecule has 4 nitrogen and oxygen atoms in total. The van der Waals surface area contributed by atoms with Crippen LogP contribution >= 0.6 is 11.3 Å². The van der Waals surface area contributed by atoms with Crippen LogP contribution in [0.25, 0.3) is 20.8 Å². The summed E-state index contributed by atoms with van der Waals surface area (Å²) in [4.78, 5) is 7.09. The SMILES string of the molecule is c1ccc(CC2CCN(Cc3nnc(-c4cc5ccccc5s4)[nH]3)CC2)cc1. The molecule has 2 aromatic heterocycles. The molecule has 142 valence electrons. The Morgan fingerprint density at radius 3 is 2.57 bits per heavy atom. The average molecular weight is 389 g/mol. The molecule has 5 rings (SSSR count). The van der Waals surface area contributed by atoms with E-state index < -0.39 is 0 Å². The topological polar surface area (TPSA) is 44.8 Å². The van der Waals surface area contributed by atoms with Crippen LogP contribution in [0.5, 0.6) is 0 Å². The summed E-state index contributed by atoms with van der Waals surface area (Å²) in [6.45, 7) is 3.13. The molecular weight excluding hydrogens is 364 g/mol. The zero-order valence-electron chi connectivity index (χ0n) is 15.8. The van der Waals surface area contributed by atoms with Gasteiger partial charge in [0.15, 0.2) is 5.82 Å². The molecule has 3 heterocycles. The van der Waals surface area contributed by atoms with Crippen molar-refractivity contribution in [1.82, 2.24) is 20.1 Å². The van der Waals surface area contributed by atoms with E-state index in [1.165, 1.54) is 34.9 Å². The van der Waals surface area contributed by atoms with E-state index in [1.807, 2.05) is 0 Å². The number of rotatable bonds is 5. The van der Waals surface area contributed by atoms with Crippen molar-refractivity contribution in [3.05, 3.63) is 72.1 Å². The molecule has 0 spiro atoms. The minimum Gasteiger partial charge on any atom is -0.323 e. The van der Waals surface area contributed by atoms with Gasteiger partial charge in [0.25, 0.3) is 0 Å². The van der Waals surface area contributed by atoms with E-state index in [1.54, 1.807) is 11.3 Å². The van der Waals surface area contributed by atoms with Crippen molar-refractivity contribution < 1.29 is 0 Å². The molecule has 0 radical (unpaired) electrons. The molecule has 0 aliphatic carbocycles. The van der Waals surface area contributed by atoms with Gasteiger partial charge in [0.1, 0.15) is 5.82 Å². The van der Waals surface area contributed by atoms with Gasteiger partial charge in [-0.25, -0.2) is 0 Å². The Morgan fingerprint density at radius 1 is 0.964 bits per heavy atom. The molecule has 0 atom stereocenters. The number of hydrogen-bond donors (Lipinski definition) is 1. The molecule has 1 aliphatic rings. The first-order valence-electron chi connectivity index (χ1n) is 10.0. The molecule has 1 saturated heterocycles. The van der Waals surface area contributed by atoms with Crippen molar-refractivity contribution in [2.75, 3.05) is 13.1 Å². The third-order valence-corrected chi connectivity index (χ3v) is 6.76. The van der Waals surface area contributed by atoms with E-state index in [9.17, 15) is 0 Å². The van der Waals surface area contributed by atoms with Gasteiger partial charge in [-0.1, -0.05) is 48.5 Å². The minimum absolute atomic E-state index is 0.794. The molecular formula is C23H24N4S. The zero-order valence-corrected chi connectivity index (χ0v) is 16.7. The number of benzene rings is 2. The fourth-order valence-electron chi connectivity index (χ4n) is 4.09. The lowest BCUT2D eigenvalue weighted by molar-refractivity contribution is 0.173. The molecule has 1 fully saturated rings. The van der Waals surface area contributed by atoms with Crippen LogP contribution in [0, 0.1) is 5.92 Å². The van der Waals surface area contributed by atoms with Gasteiger partial charge >= 0.3 is 0 Å². The number of thiophene rings is 1. The van der Waals surface area contributed by atoms with Gasteiger partial charge in [-0.05, 0) is 61.4 Å². The third kappa shape index (κ3) is 3.86. The summed E-state index contributed by atoms with van der Waals surface area (Å²) >= 11 is 1.76. The molecule has 0 saturated carbocycles. The highest BCUT2D eigenvalue weighted by Gasteiger charge is 2.20. The van der Waals surface area contributed by atoms with Crippen LogP contribution in [0.3, 0.4) is 0 Å². The van der Waals surface area contributed by atoms with Gasteiger partial charge in [0, 0.05) is 4.70 Å². The standard InChI is InChI=1S/C23H24N4S/c1-2-6-17(7-3-1)14-18-10-12-27(13-11-18)16-22-24-23(26-25-22)21-15-19-8-4-5-9-20(19)28-21/h1-9,15,18H,10-14,16H2,(H,24,25,26). The maximum atomic E-state index is 4.40. The number of aromatic nitrogens is 3. The zero-order chi connectivity index (χ0) is 18.8. The van der Waals surface area contributed by atoms with Crippen LogP contribution in [-0.4, -0.2) is 33.2 Å². The number of nitrogens with one attached hydrogen (secondary N) is 1. The normalized spacial score (nSPS) is 16.0. The number of hydrogen-bond acceptors (Lipinski definition) is 4. The van der Waals surface area contributed by atoms with Crippen LogP contribution in [0.15, 0.2) is 60.7 Å². The number of H-pyrrole nitrogens is 1. The number of likely N-dealkylation sites (tertiary alicyclic amines) is 1. The summed E-state index contributed by atoms with van der Waals surface area (Å²) in [7, 11) is 0. The van der Waals surface area contributed by atoms with Crippen molar-refractivity contribution in [1.29, 1.82) is 0 Å². The summed E-state index contributed by atoms with van der Waals surface area (Å²) < 4.78 is 1.29. The van der Waals surface area contributed by atoms with E-state index >= 15 is 0 Å². The molecule has 5 heteroatoms. The monoisotopic (exact) mass is 388 g/mol. The van der Waals surface area contributed by atoms with Crippen LogP contribution in [-0.2, 0) is 13.0 Å². The molecule has 4 aromatic rings. The van der Waals surface area contributed by atoms with Crippen molar-refractivity contribution in [3.63, 3.8) is 0 Å². The van der Waals surface area contributed by atoms with Crippen LogP contribution in [0.1, 0.15) is 24.2 Å². The first-order chi connectivity index (χ1) is 13.8. The van der Waals surface area contributed by atoms with Gasteiger partial charge in [-0.3, -0.25) is 4.90 Å². The average Bonchev–Trinajstić information content (AvgIpc) is 3.37. The summed E-state index contributed by atoms with van der Waals surface area (Å²) in [5.41, 5.74) is 1.46. The van der Waals surface area contributed by atoms with Crippen molar-refractivity contribution in [2.45, 2.75) is 25.8 Å². The van der Waals surface area contributed by atoms with Gasteiger partial charge in [-0.2, -0.15) is 0 Å². The predicted octanol–water partition coefficient (Wildman–Crippen LogP) is 5.14. The van der Waals surface area contributed by atoms with Gasteiger partial charge in [0.05, 0.1) is 11.4 Å². The molecule has 0 bridgehead atoms. The van der Waals surface area contributed by atoms with E-state index in [0.717, 1.165) is 42.1 Å². The first kappa shape index (κ1) is 17.6. The Bertz CT molecular complexity index is 1010. The fraction of sp³-hybridized carbons (Fsp3) is 0.304. The maximum absolute atomic E-state index is 4.40. The van der Waals surface area contributed by atoms with Crippen LogP contribution in [0.2, 0.25) is 0 Å². The van der Waals surface area contributed by atoms with Gasteiger partial charge in [-0.15, -0.1) is 21.5 Å². The minimum atomic E-state index is 0.794. The largest absolute Gasteiger partial charge is 0.323 e. The number of fused-ring (bicyclic) bond motifs is 1. The van der Waals surface area contributed by atoms with E-state index in [0.29, 0.717) is 0 Å². The number of aromatic amines is 1. The van der Waals surface area contributed by atoms with Gasteiger partial charge in [0.2, 0.25) is 0 Å². The summed E-state index contributed by atoms with van der Waals surface area (Å²) in [5, 5.41) is 10.1. The lowest BCUT2D eigenvalue weighted by Crippen LogP contribution is -2.34. The summed E-state index contributed by atoms with van der Waals surface area (Å²) in [6.07, 6.45) is 3.71. The second kappa shape index (κ2) is 7.86. The third-order valence-electron chi connectivity index (χ3n) is 5.64. The van der Waals surface area contributed by atoms with E-state index in [4.69, 9.17) is 0 Å². The van der Waals surface area contributed by atoms with Crippen molar-refractivity contribution >= 4 is 21.4 Å². The Labute approximate surface area is 169 Å². The Balaban J connectivity index is 1.19. The van der Waals surface area contributed by atoms with Crippen LogP contribution in [0.4, 0.5) is 0 Å². The highest BCUT2D eigenvalue weighted by Crippen LogP contribution is 2.31. The predicted molar refractivity (Wildman–Crippen MR) is 115 cm³/mol. The van der Waals surface area contributed by atoms with Crippen LogP contribution < -0.4 is 0 Å². The smallest absolute Gasteiger partial charge is 0.171 e. The summed E-state index contributed by atoms with van der Waals surface area (Å²) in [5.74, 6) is 2.65. The lowest BCUT2D eigenvalue weighted by atomic mass is 9.90. The maximum Gasteiger partial charge on any atom is 0.171 e. The Kier molecular flexibility index (Phi) is 4.93. The molecule has 0 amide bonds. The van der Waals surface area contributed by atoms with Crippen molar-refractivity contribution in [2.24, 2.45) is 5.92 Å². The summed E-state index contributed by atoms with van der Waals surface area (Å²) in [6, 6.07) is 21.5. The molecule has 2 aromatic carbocycles. The first-order valence-corrected chi connectivity index (χ1v) is 10.8. The molecule has 1 N–H and O–H groups in total. The van der Waals surface area contributed by atoms with E-state index in [-0.39, 0.29) is 0 Å². The number of piperidine rings is 1. The highest BCUT2D eigenvalue weighted by atomic mass is 32.1. The van der Waals surface area contributed by atoms with Crippen molar-refractivity contribution in [3.8, 4) is 10.7 Å². The van der Waals surface area contributed by atoms with E-state index in [2.05, 4.69) is 80.7 Å². The lowest BCUT2D eigenvalue weighted by Gasteiger charge is -2.31. The molecule has 0 unspecified atom stereocenters. The van der Waals surface area contributed by atoms with Gasteiger partial charge < -0.3 is 4.98 Å². The second-order valence-corrected chi connectivity index (χ2v) is 8.76. The second-order valence-electron chi connectivity index (χ2n) is 7.68.